The molecular weight excluding hydrogens is 502 g/mol. The molecule has 0 bridgehead atoms. The first-order chi connectivity index (χ1) is 11.4. The molecule has 0 radical (unpaired) electrons. The molecule has 3 aromatic rings. The van der Waals surface area contributed by atoms with Crippen LogP contribution in [0.3, 0.4) is 0 Å². The lowest BCUT2D eigenvalue weighted by molar-refractivity contribution is 0.468. The van der Waals surface area contributed by atoms with Crippen molar-refractivity contribution in [3.05, 3.63) is 54.6 Å². The minimum atomic E-state index is 0.0713. The van der Waals surface area contributed by atoms with E-state index in [1.165, 1.54) is 0 Å². The van der Waals surface area contributed by atoms with E-state index in [9.17, 15) is 10.4 Å². The van der Waals surface area contributed by atoms with Gasteiger partial charge in [0.05, 0.1) is 25.6 Å². The molecule has 24 heavy (non-hydrogen) atoms. The monoisotopic (exact) mass is 509 g/mol. The Balaban J connectivity index is 2.16. The van der Waals surface area contributed by atoms with E-state index in [0.29, 0.717) is 25.9 Å². The second kappa shape index (κ2) is 6.71. The summed E-state index contributed by atoms with van der Waals surface area (Å²) in [6.45, 7) is 2.00. The van der Waals surface area contributed by atoms with Gasteiger partial charge >= 0.3 is 0 Å². The van der Waals surface area contributed by atoms with E-state index in [1.54, 1.807) is 12.1 Å². The maximum absolute atomic E-state index is 10.1. The van der Waals surface area contributed by atoms with Crippen LogP contribution in [0.2, 0.25) is 0 Å². The first kappa shape index (κ1) is 17.2. The van der Waals surface area contributed by atoms with Crippen molar-refractivity contribution >= 4 is 70.5 Å². The van der Waals surface area contributed by atoms with Gasteiger partial charge in [-0.15, -0.1) is 0 Å². The van der Waals surface area contributed by atoms with Crippen LogP contribution in [0.1, 0.15) is 17.0 Å². The number of nitriles is 1. The summed E-state index contributed by atoms with van der Waals surface area (Å²) in [5, 5.41) is 19.6. The van der Waals surface area contributed by atoms with Crippen LogP contribution >= 0.6 is 47.8 Å². The second-order valence-electron chi connectivity index (χ2n) is 5.19. The Morgan fingerprint density at radius 2 is 2.00 bits per heavy atom. The number of phenolic OH excluding ortho intramolecular Hbond substituents is 1. The summed E-state index contributed by atoms with van der Waals surface area (Å²) in [5.74, 6) is 0.557. The van der Waals surface area contributed by atoms with Crippen molar-refractivity contribution in [1.29, 1.82) is 5.26 Å². The van der Waals surface area contributed by atoms with Crippen molar-refractivity contribution in [3.8, 4) is 11.8 Å². The molecule has 0 aliphatic heterocycles. The number of benzene rings is 2. The number of hydrogen-bond donors (Lipinski definition) is 2. The van der Waals surface area contributed by atoms with E-state index >= 15 is 0 Å². The highest BCUT2D eigenvalue weighted by Gasteiger charge is 2.15. The molecule has 0 aliphatic rings. The molecule has 0 atom stereocenters. The Labute approximate surface area is 163 Å². The van der Waals surface area contributed by atoms with Crippen LogP contribution in [0.5, 0.6) is 5.75 Å². The number of halogens is 3. The Morgan fingerprint density at radius 3 is 2.71 bits per heavy atom. The van der Waals surface area contributed by atoms with Gasteiger partial charge in [0.1, 0.15) is 17.6 Å². The van der Waals surface area contributed by atoms with Gasteiger partial charge in [0, 0.05) is 10.0 Å². The number of aromatic hydroxyl groups is 1. The zero-order chi connectivity index (χ0) is 17.4. The predicted molar refractivity (Wildman–Crippen MR) is 106 cm³/mol. The molecule has 3 rings (SSSR count). The number of phenols is 1. The molecule has 1 aromatic heterocycles. The Hall–Kier alpha value is -1.62. The van der Waals surface area contributed by atoms with Crippen LogP contribution in [-0.2, 0) is 0 Å². The standard InChI is InChI=1S/C17H10Br3N3O/c1-8-2-3-13-14(4-8)23-17(22-13)9(7-21)5-10-11(18)6-12(19)16(24)15(10)20/h2-6,24H,1H3,(H,22,23). The maximum Gasteiger partial charge on any atom is 0.149 e. The van der Waals surface area contributed by atoms with Crippen molar-refractivity contribution < 1.29 is 5.11 Å². The van der Waals surface area contributed by atoms with E-state index in [-0.39, 0.29) is 5.75 Å². The van der Waals surface area contributed by atoms with E-state index in [1.807, 2.05) is 25.1 Å². The van der Waals surface area contributed by atoms with Gasteiger partial charge in [0.25, 0.3) is 0 Å². The van der Waals surface area contributed by atoms with Crippen LogP contribution in [0.25, 0.3) is 22.7 Å². The Kier molecular flexibility index (Phi) is 4.81. The topological polar surface area (TPSA) is 72.7 Å². The fourth-order valence-corrected chi connectivity index (χ4v) is 4.63. The third kappa shape index (κ3) is 3.14. The normalized spacial score (nSPS) is 11.7. The number of aromatic nitrogens is 2. The maximum atomic E-state index is 10.1. The molecule has 0 spiro atoms. The summed E-state index contributed by atoms with van der Waals surface area (Å²) < 4.78 is 1.78. The first-order valence-electron chi connectivity index (χ1n) is 6.85. The van der Waals surface area contributed by atoms with Crippen LogP contribution < -0.4 is 0 Å². The lowest BCUT2D eigenvalue weighted by atomic mass is 10.1. The van der Waals surface area contributed by atoms with E-state index < -0.39 is 0 Å². The highest BCUT2D eigenvalue weighted by Crippen LogP contribution is 2.40. The summed E-state index contributed by atoms with van der Waals surface area (Å²) in [6, 6.07) is 9.76. The number of imidazole rings is 1. The third-order valence-electron chi connectivity index (χ3n) is 3.48. The molecule has 2 aromatic carbocycles. The van der Waals surface area contributed by atoms with Gasteiger partial charge < -0.3 is 10.1 Å². The van der Waals surface area contributed by atoms with Crippen molar-refractivity contribution in [3.63, 3.8) is 0 Å². The van der Waals surface area contributed by atoms with Crippen molar-refractivity contribution in [2.75, 3.05) is 0 Å². The Bertz CT molecular complexity index is 1030. The SMILES string of the molecule is Cc1ccc2nc(C(C#N)=Cc3c(Br)cc(Br)c(O)c3Br)[nH]c2c1. The van der Waals surface area contributed by atoms with Gasteiger partial charge in [0.15, 0.2) is 0 Å². The Morgan fingerprint density at radius 1 is 1.25 bits per heavy atom. The average molecular weight is 512 g/mol. The number of aryl methyl sites for hydroxylation is 1. The summed E-state index contributed by atoms with van der Waals surface area (Å²) >= 11 is 10.1. The lowest BCUT2D eigenvalue weighted by Gasteiger charge is -2.07. The van der Waals surface area contributed by atoms with Gasteiger partial charge in [-0.25, -0.2) is 4.98 Å². The number of H-pyrrole nitrogens is 1. The number of allylic oxidation sites excluding steroid dienone is 1. The number of aromatic amines is 1. The van der Waals surface area contributed by atoms with Crippen LogP contribution in [0.15, 0.2) is 37.7 Å². The van der Waals surface area contributed by atoms with Gasteiger partial charge in [-0.3, -0.25) is 0 Å². The van der Waals surface area contributed by atoms with E-state index in [4.69, 9.17) is 0 Å². The molecule has 2 N–H and O–H groups in total. The van der Waals surface area contributed by atoms with Gasteiger partial charge in [0.2, 0.25) is 0 Å². The fraction of sp³-hybridized carbons (Fsp3) is 0.0588. The average Bonchev–Trinajstić information content (AvgIpc) is 2.95. The molecular formula is C17H10Br3N3O. The van der Waals surface area contributed by atoms with Crippen molar-refractivity contribution in [2.45, 2.75) is 6.92 Å². The highest BCUT2D eigenvalue weighted by molar-refractivity contribution is 9.11. The summed E-state index contributed by atoms with van der Waals surface area (Å²) in [7, 11) is 0. The third-order valence-corrected chi connectivity index (χ3v) is 5.55. The van der Waals surface area contributed by atoms with Gasteiger partial charge in [-0.2, -0.15) is 5.26 Å². The smallest absolute Gasteiger partial charge is 0.149 e. The van der Waals surface area contributed by atoms with Gasteiger partial charge in [-0.1, -0.05) is 22.0 Å². The summed E-state index contributed by atoms with van der Waals surface area (Å²) in [4.78, 5) is 7.64. The molecule has 1 heterocycles. The lowest BCUT2D eigenvalue weighted by Crippen LogP contribution is -1.88. The highest BCUT2D eigenvalue weighted by atomic mass is 79.9. The van der Waals surface area contributed by atoms with E-state index in [0.717, 1.165) is 21.1 Å². The second-order valence-corrected chi connectivity index (χ2v) is 7.69. The predicted octanol–water partition coefficient (Wildman–Crippen LogP) is 5.93. The number of hydrogen-bond acceptors (Lipinski definition) is 3. The molecule has 0 unspecified atom stereocenters. The van der Waals surface area contributed by atoms with Crippen molar-refractivity contribution in [1.82, 2.24) is 9.97 Å². The minimum Gasteiger partial charge on any atom is -0.506 e. The molecule has 4 nitrogen and oxygen atoms in total. The number of nitrogens with one attached hydrogen (secondary N) is 1. The molecule has 0 saturated heterocycles. The van der Waals surface area contributed by atoms with Gasteiger partial charge in [-0.05, 0) is 68.6 Å². The molecule has 0 aliphatic carbocycles. The molecule has 120 valence electrons. The molecule has 0 saturated carbocycles. The van der Waals surface area contributed by atoms with E-state index in [2.05, 4.69) is 63.8 Å². The summed E-state index contributed by atoms with van der Waals surface area (Å²) in [5.41, 5.74) is 3.82. The molecule has 0 fully saturated rings. The molecule has 7 heteroatoms. The van der Waals surface area contributed by atoms with Crippen molar-refractivity contribution in [2.24, 2.45) is 0 Å². The summed E-state index contributed by atoms with van der Waals surface area (Å²) in [6.07, 6.45) is 1.67. The van der Waals surface area contributed by atoms with Crippen LogP contribution in [0, 0.1) is 18.3 Å². The quantitative estimate of drug-likeness (QED) is 0.419. The fourth-order valence-electron chi connectivity index (χ4n) is 2.28. The minimum absolute atomic E-state index is 0.0713. The number of rotatable bonds is 2. The zero-order valence-corrected chi connectivity index (χ0v) is 17.1. The van der Waals surface area contributed by atoms with Crippen LogP contribution in [0.4, 0.5) is 0 Å². The molecule has 0 amide bonds. The number of nitrogens with zero attached hydrogens (tertiary/aromatic N) is 2. The first-order valence-corrected chi connectivity index (χ1v) is 9.23. The largest absolute Gasteiger partial charge is 0.506 e. The number of fused-ring (bicyclic) bond motifs is 1. The zero-order valence-electron chi connectivity index (χ0n) is 12.4. The van der Waals surface area contributed by atoms with Crippen LogP contribution in [-0.4, -0.2) is 15.1 Å².